The van der Waals surface area contributed by atoms with Crippen LogP contribution in [-0.4, -0.2) is 49.1 Å². The highest BCUT2D eigenvalue weighted by atomic mass is 16.6. The lowest BCUT2D eigenvalue weighted by Crippen LogP contribution is -2.45. The topological polar surface area (TPSA) is 89.1 Å². The van der Waals surface area contributed by atoms with Gasteiger partial charge >= 0.3 is 5.97 Å². The Kier molecular flexibility index (Phi) is 4.99. The summed E-state index contributed by atoms with van der Waals surface area (Å²) < 4.78 is 10.1. The fourth-order valence-corrected chi connectivity index (χ4v) is 2.84. The molecule has 8 nitrogen and oxygen atoms in total. The van der Waals surface area contributed by atoms with Gasteiger partial charge in [-0.3, -0.25) is 15.0 Å². The Morgan fingerprint density at radius 1 is 1.16 bits per heavy atom. The molecule has 0 bridgehead atoms. The van der Waals surface area contributed by atoms with Crippen LogP contribution < -0.4 is 4.90 Å². The summed E-state index contributed by atoms with van der Waals surface area (Å²) in [6, 6.07) is 10.0. The molecule has 2 heterocycles. The Balaban J connectivity index is 1.54. The minimum atomic E-state index is -0.478. The first-order valence-electron chi connectivity index (χ1n) is 7.95. The van der Waals surface area contributed by atoms with Gasteiger partial charge in [0.2, 0.25) is 5.76 Å². The number of hydrogen-bond donors (Lipinski definition) is 0. The summed E-state index contributed by atoms with van der Waals surface area (Å²) in [5.41, 5.74) is 1.08. The summed E-state index contributed by atoms with van der Waals surface area (Å²) in [5, 5.41) is 10.7. The van der Waals surface area contributed by atoms with Crippen LogP contribution in [0.15, 0.2) is 40.8 Å². The van der Waals surface area contributed by atoms with Crippen LogP contribution in [0.4, 0.5) is 11.4 Å². The normalized spacial score (nSPS) is 15.2. The second-order valence-electron chi connectivity index (χ2n) is 5.79. The first-order chi connectivity index (χ1) is 12.1. The summed E-state index contributed by atoms with van der Waals surface area (Å²) >= 11 is 0. The van der Waals surface area contributed by atoms with Crippen LogP contribution in [0.1, 0.15) is 16.3 Å². The minimum Gasteiger partial charge on any atom is -0.463 e. The Morgan fingerprint density at radius 3 is 2.44 bits per heavy atom. The monoisotopic (exact) mass is 345 g/mol. The second-order valence-corrected chi connectivity index (χ2v) is 5.79. The molecule has 1 aliphatic rings. The number of ether oxygens (including phenoxy) is 1. The number of methoxy groups -OCH3 is 1. The lowest BCUT2D eigenvalue weighted by Gasteiger charge is -2.35. The molecular weight excluding hydrogens is 326 g/mol. The van der Waals surface area contributed by atoms with Crippen molar-refractivity contribution in [2.75, 3.05) is 38.2 Å². The molecule has 1 aromatic carbocycles. The van der Waals surface area contributed by atoms with E-state index in [4.69, 9.17) is 4.42 Å². The molecule has 2 aromatic rings. The molecule has 1 aromatic heterocycles. The van der Waals surface area contributed by atoms with Crippen molar-refractivity contribution < 1.29 is 18.9 Å². The van der Waals surface area contributed by atoms with Crippen molar-refractivity contribution in [1.82, 2.24) is 4.90 Å². The van der Waals surface area contributed by atoms with E-state index in [2.05, 4.69) is 14.5 Å². The van der Waals surface area contributed by atoms with Crippen molar-refractivity contribution >= 4 is 17.3 Å². The maximum absolute atomic E-state index is 11.4. The SMILES string of the molecule is COC(=O)c1ccc(CN2CCN(c3ccc([N+](=O)[O-])cc3)CC2)o1. The third-order valence-corrected chi connectivity index (χ3v) is 4.23. The molecule has 0 aliphatic carbocycles. The third kappa shape index (κ3) is 3.97. The van der Waals surface area contributed by atoms with Crippen molar-refractivity contribution in [2.45, 2.75) is 6.54 Å². The quantitative estimate of drug-likeness (QED) is 0.466. The van der Waals surface area contributed by atoms with Crippen LogP contribution in [0.5, 0.6) is 0 Å². The molecule has 1 aliphatic heterocycles. The number of nitro groups is 1. The second kappa shape index (κ2) is 7.35. The number of rotatable bonds is 5. The zero-order valence-corrected chi connectivity index (χ0v) is 13.9. The number of carbonyl (C=O) groups is 1. The van der Waals surface area contributed by atoms with E-state index in [-0.39, 0.29) is 11.4 Å². The van der Waals surface area contributed by atoms with E-state index in [1.807, 2.05) is 0 Å². The largest absolute Gasteiger partial charge is 0.463 e. The van der Waals surface area contributed by atoms with Crippen LogP contribution in [0, 0.1) is 10.1 Å². The predicted octanol–water partition coefficient (Wildman–Crippen LogP) is 2.30. The standard InChI is InChI=1S/C17H19N3O5/c1-24-17(21)16-7-6-15(25-16)12-18-8-10-19(11-9-18)13-2-4-14(5-3-13)20(22)23/h2-7H,8-12H2,1H3. The number of nitrogens with zero attached hydrogens (tertiary/aromatic N) is 3. The van der Waals surface area contributed by atoms with E-state index in [0.29, 0.717) is 6.54 Å². The van der Waals surface area contributed by atoms with Gasteiger partial charge in [0, 0.05) is 44.0 Å². The average Bonchev–Trinajstić information content (AvgIpc) is 3.10. The van der Waals surface area contributed by atoms with Crippen molar-refractivity contribution in [1.29, 1.82) is 0 Å². The van der Waals surface area contributed by atoms with Crippen LogP contribution in [0.2, 0.25) is 0 Å². The summed E-state index contributed by atoms with van der Waals surface area (Å²) in [6.45, 7) is 3.95. The van der Waals surface area contributed by atoms with Crippen molar-refractivity contribution in [3.8, 4) is 0 Å². The summed E-state index contributed by atoms with van der Waals surface area (Å²) in [6.07, 6.45) is 0. The lowest BCUT2D eigenvalue weighted by atomic mass is 10.2. The van der Waals surface area contributed by atoms with Gasteiger partial charge < -0.3 is 14.1 Å². The van der Waals surface area contributed by atoms with Gasteiger partial charge in [0.1, 0.15) is 5.76 Å². The van der Waals surface area contributed by atoms with Gasteiger partial charge in [-0.15, -0.1) is 0 Å². The first kappa shape index (κ1) is 17.0. The number of piperazine rings is 1. The van der Waals surface area contributed by atoms with Crippen LogP contribution in [0.3, 0.4) is 0 Å². The summed E-state index contributed by atoms with van der Waals surface area (Å²) in [7, 11) is 1.32. The molecular formula is C17H19N3O5. The number of benzene rings is 1. The molecule has 1 fully saturated rings. The average molecular weight is 345 g/mol. The molecule has 25 heavy (non-hydrogen) atoms. The molecule has 0 saturated carbocycles. The Bertz CT molecular complexity index is 748. The van der Waals surface area contributed by atoms with Gasteiger partial charge in [0.15, 0.2) is 0 Å². The minimum absolute atomic E-state index is 0.0987. The number of anilines is 1. The smallest absolute Gasteiger partial charge is 0.373 e. The molecule has 1 saturated heterocycles. The maximum Gasteiger partial charge on any atom is 0.373 e. The Labute approximate surface area is 144 Å². The molecule has 0 unspecified atom stereocenters. The molecule has 8 heteroatoms. The Morgan fingerprint density at radius 2 is 1.84 bits per heavy atom. The van der Waals surface area contributed by atoms with Crippen molar-refractivity contribution in [3.63, 3.8) is 0 Å². The number of non-ortho nitro benzene ring substituents is 1. The van der Waals surface area contributed by atoms with E-state index in [1.165, 1.54) is 19.2 Å². The summed E-state index contributed by atoms with van der Waals surface area (Å²) in [4.78, 5) is 26.2. The van der Waals surface area contributed by atoms with Crippen molar-refractivity contribution in [3.05, 3.63) is 58.0 Å². The number of hydrogen-bond acceptors (Lipinski definition) is 7. The fraction of sp³-hybridized carbons (Fsp3) is 0.353. The van der Waals surface area contributed by atoms with Crippen LogP contribution >= 0.6 is 0 Å². The number of nitro benzene ring substituents is 1. The van der Waals surface area contributed by atoms with Gasteiger partial charge in [0.05, 0.1) is 18.6 Å². The van der Waals surface area contributed by atoms with E-state index in [1.54, 1.807) is 24.3 Å². The van der Waals surface area contributed by atoms with Crippen LogP contribution in [-0.2, 0) is 11.3 Å². The molecule has 3 rings (SSSR count). The molecule has 0 N–H and O–H groups in total. The number of furan rings is 1. The highest BCUT2D eigenvalue weighted by Crippen LogP contribution is 2.21. The van der Waals surface area contributed by atoms with E-state index < -0.39 is 10.9 Å². The molecule has 0 atom stereocenters. The van der Waals surface area contributed by atoms with Gasteiger partial charge in [0.25, 0.3) is 5.69 Å². The van der Waals surface area contributed by atoms with Crippen LogP contribution in [0.25, 0.3) is 0 Å². The molecule has 0 amide bonds. The fourth-order valence-electron chi connectivity index (χ4n) is 2.84. The summed E-state index contributed by atoms with van der Waals surface area (Å²) in [5.74, 6) is 0.459. The Hall–Kier alpha value is -2.87. The molecule has 0 radical (unpaired) electrons. The first-order valence-corrected chi connectivity index (χ1v) is 7.95. The van der Waals surface area contributed by atoms with Gasteiger partial charge in [-0.25, -0.2) is 4.79 Å². The van der Waals surface area contributed by atoms with E-state index in [9.17, 15) is 14.9 Å². The van der Waals surface area contributed by atoms with Gasteiger partial charge in [-0.1, -0.05) is 0 Å². The van der Waals surface area contributed by atoms with Crippen molar-refractivity contribution in [2.24, 2.45) is 0 Å². The third-order valence-electron chi connectivity index (χ3n) is 4.23. The van der Waals surface area contributed by atoms with E-state index in [0.717, 1.165) is 37.6 Å². The van der Waals surface area contributed by atoms with Gasteiger partial charge in [-0.05, 0) is 24.3 Å². The van der Waals surface area contributed by atoms with E-state index >= 15 is 0 Å². The zero-order chi connectivity index (χ0) is 17.8. The number of carbonyl (C=O) groups excluding carboxylic acids is 1. The predicted molar refractivity (Wildman–Crippen MR) is 90.6 cm³/mol. The van der Waals surface area contributed by atoms with Gasteiger partial charge in [-0.2, -0.15) is 0 Å². The number of esters is 1. The molecule has 132 valence electrons. The molecule has 0 spiro atoms. The highest BCUT2D eigenvalue weighted by molar-refractivity contribution is 5.86. The maximum atomic E-state index is 11.4. The zero-order valence-electron chi connectivity index (χ0n) is 13.9. The highest BCUT2D eigenvalue weighted by Gasteiger charge is 2.20. The lowest BCUT2D eigenvalue weighted by molar-refractivity contribution is -0.384.